The molecular formula is C32H26N4. The molecule has 0 radical (unpaired) electrons. The van der Waals surface area contributed by atoms with E-state index >= 15 is 0 Å². The summed E-state index contributed by atoms with van der Waals surface area (Å²) in [6.45, 7) is 3.97. The van der Waals surface area contributed by atoms with Crippen molar-refractivity contribution >= 4 is 22.1 Å². The summed E-state index contributed by atoms with van der Waals surface area (Å²) >= 11 is 0. The first-order chi connectivity index (χ1) is 17.7. The molecule has 0 aliphatic carbocycles. The molecular weight excluding hydrogens is 440 g/mol. The van der Waals surface area contributed by atoms with Gasteiger partial charge in [0.1, 0.15) is 0 Å². The molecule has 0 spiro atoms. The lowest BCUT2D eigenvalue weighted by Gasteiger charge is -2.03. The highest BCUT2D eigenvalue weighted by molar-refractivity contribution is 5.77. The Balaban J connectivity index is 1.96. The molecule has 0 amide bonds. The van der Waals surface area contributed by atoms with Crippen LogP contribution in [0.3, 0.4) is 0 Å². The van der Waals surface area contributed by atoms with Crippen molar-refractivity contribution in [1.29, 1.82) is 0 Å². The van der Waals surface area contributed by atoms with Crippen LogP contribution in [0.1, 0.15) is 11.4 Å². The third kappa shape index (κ3) is 5.50. The quantitative estimate of drug-likeness (QED) is 0.267. The molecule has 36 heavy (non-hydrogen) atoms. The smallest absolute Gasteiger partial charge is 0.0893 e. The number of hydrogen-bond acceptors (Lipinski definition) is 4. The molecule has 0 fully saturated rings. The maximum absolute atomic E-state index is 5.08. The minimum Gasteiger partial charge on any atom is -0.251 e. The summed E-state index contributed by atoms with van der Waals surface area (Å²) < 4.78 is 0. The minimum atomic E-state index is 0.786. The predicted molar refractivity (Wildman–Crippen MR) is 148 cm³/mol. The summed E-state index contributed by atoms with van der Waals surface area (Å²) in [6, 6.07) is 40.2. The third-order valence-corrected chi connectivity index (χ3v) is 5.67. The number of hydrogen-bond donors (Lipinski definition) is 0. The Bertz CT molecular complexity index is 1520. The van der Waals surface area contributed by atoms with Gasteiger partial charge in [-0.15, -0.1) is 0 Å². The number of para-hydroxylation sites is 4. The van der Waals surface area contributed by atoms with Gasteiger partial charge in [0.05, 0.1) is 33.5 Å². The largest absolute Gasteiger partial charge is 0.251 e. The van der Waals surface area contributed by atoms with Crippen LogP contribution >= 0.6 is 0 Å². The van der Waals surface area contributed by atoms with Crippen molar-refractivity contribution < 1.29 is 0 Å². The molecule has 0 aliphatic rings. The van der Waals surface area contributed by atoms with Crippen LogP contribution in [-0.4, -0.2) is 19.9 Å². The van der Waals surface area contributed by atoms with E-state index in [0.29, 0.717) is 0 Å². The van der Waals surface area contributed by atoms with E-state index < -0.39 is 0 Å². The Hall–Kier alpha value is -4.70. The van der Waals surface area contributed by atoms with E-state index in [1.54, 1.807) is 0 Å². The molecule has 1 heterocycles. The van der Waals surface area contributed by atoms with Crippen molar-refractivity contribution in [3.63, 3.8) is 0 Å². The van der Waals surface area contributed by atoms with Gasteiger partial charge in [-0.05, 0) is 50.2 Å². The van der Waals surface area contributed by atoms with E-state index in [0.717, 1.165) is 56.0 Å². The van der Waals surface area contributed by atoms with Gasteiger partial charge in [0.15, 0.2) is 0 Å². The predicted octanol–water partition coefficient (Wildman–Crippen LogP) is 7.77. The lowest BCUT2D eigenvalue weighted by Crippen LogP contribution is -1.88. The van der Waals surface area contributed by atoms with Gasteiger partial charge in [-0.3, -0.25) is 9.97 Å². The van der Waals surface area contributed by atoms with Crippen LogP contribution < -0.4 is 0 Å². The first-order valence-corrected chi connectivity index (χ1v) is 11.9. The van der Waals surface area contributed by atoms with E-state index in [2.05, 4.69) is 24.3 Å². The van der Waals surface area contributed by atoms with Crippen molar-refractivity contribution in [1.82, 2.24) is 19.9 Å². The molecule has 0 saturated carbocycles. The molecule has 174 valence electrons. The lowest BCUT2D eigenvalue weighted by atomic mass is 10.1. The third-order valence-electron chi connectivity index (χ3n) is 5.67. The van der Waals surface area contributed by atoms with Crippen molar-refractivity contribution in [3.05, 3.63) is 133 Å². The van der Waals surface area contributed by atoms with Crippen LogP contribution in [-0.2, 0) is 0 Å². The molecule has 5 rings (SSSR count). The monoisotopic (exact) mass is 466 g/mol. The number of nitrogens with zero attached hydrogens (tertiary/aromatic N) is 4. The standard InChI is InChI=1S/C32H26N4/c1-23-21-31(25-13-5-3-6-14-25)35-29-19-11-12-20-30(29)36-32(26-15-7-4-8-16-26)22-24(2)34-28-18-10-9-17-27(28)33-23/h3-22H,1-2H3. The number of fused-ring (bicyclic) bond motifs is 2. The Morgan fingerprint density at radius 1 is 0.361 bits per heavy atom. The van der Waals surface area contributed by atoms with Gasteiger partial charge in [0, 0.05) is 22.5 Å². The molecule has 0 atom stereocenters. The van der Waals surface area contributed by atoms with E-state index in [9.17, 15) is 0 Å². The Morgan fingerprint density at radius 2 is 0.667 bits per heavy atom. The first-order valence-electron chi connectivity index (χ1n) is 11.9. The zero-order chi connectivity index (χ0) is 24.7. The van der Waals surface area contributed by atoms with Gasteiger partial charge in [0.25, 0.3) is 0 Å². The fourth-order valence-corrected chi connectivity index (χ4v) is 3.98. The van der Waals surface area contributed by atoms with Crippen molar-refractivity contribution in [2.24, 2.45) is 0 Å². The second-order valence-electron chi connectivity index (χ2n) is 8.50. The van der Waals surface area contributed by atoms with Gasteiger partial charge in [0.2, 0.25) is 0 Å². The van der Waals surface area contributed by atoms with Crippen LogP contribution in [0.15, 0.2) is 121 Å². The second kappa shape index (κ2) is 10.7. The van der Waals surface area contributed by atoms with Gasteiger partial charge >= 0.3 is 0 Å². The molecule has 4 nitrogen and oxygen atoms in total. The van der Waals surface area contributed by atoms with Crippen LogP contribution in [0.4, 0.5) is 0 Å². The molecule has 0 aliphatic heterocycles. The number of aromatic nitrogens is 4. The van der Waals surface area contributed by atoms with Crippen LogP contribution in [0, 0.1) is 13.8 Å². The molecule has 0 bridgehead atoms. The lowest BCUT2D eigenvalue weighted by molar-refractivity contribution is 1.22. The summed E-state index contributed by atoms with van der Waals surface area (Å²) in [5.41, 5.74) is 8.52. The topological polar surface area (TPSA) is 51.6 Å². The highest BCUT2D eigenvalue weighted by Gasteiger charge is 2.03. The van der Waals surface area contributed by atoms with E-state index in [1.807, 2.05) is 111 Å². The van der Waals surface area contributed by atoms with Crippen LogP contribution in [0.2, 0.25) is 0 Å². The zero-order valence-corrected chi connectivity index (χ0v) is 20.3. The van der Waals surface area contributed by atoms with Crippen LogP contribution in [0.5, 0.6) is 0 Å². The first kappa shape index (κ1) is 23.1. The van der Waals surface area contributed by atoms with Crippen molar-refractivity contribution in [3.8, 4) is 22.5 Å². The highest BCUT2D eigenvalue weighted by atomic mass is 14.8. The summed E-state index contributed by atoms with van der Waals surface area (Å²) in [7, 11) is 0. The van der Waals surface area contributed by atoms with Gasteiger partial charge in [-0.25, -0.2) is 9.97 Å². The summed E-state index contributed by atoms with van der Waals surface area (Å²) in [5.74, 6) is 0. The number of aryl methyl sites for hydroxylation is 2. The van der Waals surface area contributed by atoms with Gasteiger partial charge in [-0.2, -0.15) is 0 Å². The summed E-state index contributed by atoms with van der Waals surface area (Å²) in [5, 5.41) is 0. The van der Waals surface area contributed by atoms with Crippen molar-refractivity contribution in [2.45, 2.75) is 13.8 Å². The van der Waals surface area contributed by atoms with Crippen LogP contribution in [0.25, 0.3) is 44.6 Å². The fourth-order valence-electron chi connectivity index (χ4n) is 3.98. The Labute approximate surface area is 211 Å². The summed E-state index contributed by atoms with van der Waals surface area (Å²) in [4.78, 5) is 20.0. The molecule has 0 unspecified atom stereocenters. The number of benzene rings is 4. The van der Waals surface area contributed by atoms with E-state index in [1.165, 1.54) is 0 Å². The van der Waals surface area contributed by atoms with E-state index in [-0.39, 0.29) is 0 Å². The minimum absolute atomic E-state index is 0.786. The molecule has 4 aromatic carbocycles. The molecule has 1 aromatic heterocycles. The SMILES string of the molecule is Cc1cc(-c2ccccc2)nc2ccccc2nc(-c2ccccc2)cc(C)nc2ccccc2n1. The average molecular weight is 467 g/mol. The fraction of sp³-hybridized carbons (Fsp3) is 0.0625. The van der Waals surface area contributed by atoms with E-state index in [4.69, 9.17) is 19.9 Å². The normalized spacial score (nSPS) is 10.5. The number of rotatable bonds is 2. The molecule has 5 aromatic rings. The average Bonchev–Trinajstić information content (AvgIpc) is 2.90. The molecule has 0 saturated heterocycles. The molecule has 0 N–H and O–H groups in total. The zero-order valence-electron chi connectivity index (χ0n) is 20.3. The van der Waals surface area contributed by atoms with Gasteiger partial charge < -0.3 is 0 Å². The summed E-state index contributed by atoms with van der Waals surface area (Å²) in [6.07, 6.45) is 0. The van der Waals surface area contributed by atoms with Gasteiger partial charge in [-0.1, -0.05) is 84.9 Å². The maximum Gasteiger partial charge on any atom is 0.0893 e. The second-order valence-corrected chi connectivity index (χ2v) is 8.50. The Morgan fingerprint density at radius 3 is 1.03 bits per heavy atom. The Kier molecular flexibility index (Phi) is 6.86. The molecule has 4 heteroatoms. The maximum atomic E-state index is 5.08. The van der Waals surface area contributed by atoms with Crippen molar-refractivity contribution in [2.75, 3.05) is 0 Å². The highest BCUT2D eigenvalue weighted by Crippen LogP contribution is 2.20.